The molecule has 2 aliphatic rings. The minimum atomic E-state index is -0.420. The minimum Gasteiger partial charge on any atom is -0.381 e. The van der Waals surface area contributed by atoms with Crippen LogP contribution in [-0.2, 0) is 20.7 Å². The van der Waals surface area contributed by atoms with Crippen molar-refractivity contribution in [3.05, 3.63) is 15.6 Å². The van der Waals surface area contributed by atoms with E-state index in [0.717, 1.165) is 42.8 Å². The van der Waals surface area contributed by atoms with Gasteiger partial charge in [-0.25, -0.2) is 4.98 Å². The van der Waals surface area contributed by atoms with E-state index in [1.807, 2.05) is 25.7 Å². The van der Waals surface area contributed by atoms with Crippen molar-refractivity contribution in [1.29, 1.82) is 0 Å². The molecule has 30 heavy (non-hydrogen) atoms. The Hall–Kier alpha value is -1.51. The van der Waals surface area contributed by atoms with Crippen LogP contribution in [0.15, 0.2) is 0 Å². The molecular formula is C22H35N3O4S. The van der Waals surface area contributed by atoms with Gasteiger partial charge in [0, 0.05) is 32.4 Å². The Labute approximate surface area is 183 Å². The van der Waals surface area contributed by atoms with Crippen LogP contribution in [0.2, 0.25) is 0 Å². The zero-order valence-electron chi connectivity index (χ0n) is 18.6. The number of nitrogens with one attached hydrogen (secondary N) is 1. The highest BCUT2D eigenvalue weighted by molar-refractivity contribution is 7.13. The lowest BCUT2D eigenvalue weighted by atomic mass is 9.92. The molecule has 0 radical (unpaired) electrons. The minimum absolute atomic E-state index is 0.0483. The van der Waals surface area contributed by atoms with Gasteiger partial charge in [0.15, 0.2) is 0 Å². The molecule has 2 saturated heterocycles. The van der Waals surface area contributed by atoms with Crippen molar-refractivity contribution in [3.8, 4) is 0 Å². The van der Waals surface area contributed by atoms with E-state index in [1.165, 1.54) is 11.3 Å². The lowest BCUT2D eigenvalue weighted by Crippen LogP contribution is -2.50. The summed E-state index contributed by atoms with van der Waals surface area (Å²) >= 11 is 1.48. The first-order valence-electron chi connectivity index (χ1n) is 11.2. The number of carbonyl (C=O) groups is 2. The SMILES string of the molecule is CCCc1nc(C)c(C(=O)N[C@@H]2CCN(C(=O)C(OCC)C3CCOCC3)[C@@H]2C)s1. The molecule has 0 spiro atoms. The lowest BCUT2D eigenvalue weighted by Gasteiger charge is -2.34. The van der Waals surface area contributed by atoms with Gasteiger partial charge in [-0.3, -0.25) is 9.59 Å². The number of likely N-dealkylation sites (tertiary alicyclic amines) is 1. The van der Waals surface area contributed by atoms with Gasteiger partial charge in [0.2, 0.25) is 0 Å². The smallest absolute Gasteiger partial charge is 0.263 e. The third kappa shape index (κ3) is 5.21. The Morgan fingerprint density at radius 3 is 2.70 bits per heavy atom. The van der Waals surface area contributed by atoms with E-state index in [9.17, 15) is 9.59 Å². The third-order valence-corrected chi connectivity index (χ3v) is 7.37. The van der Waals surface area contributed by atoms with Gasteiger partial charge in [-0.15, -0.1) is 11.3 Å². The molecule has 0 aromatic carbocycles. The Morgan fingerprint density at radius 2 is 2.03 bits per heavy atom. The van der Waals surface area contributed by atoms with Crippen molar-refractivity contribution in [1.82, 2.24) is 15.2 Å². The van der Waals surface area contributed by atoms with Crippen molar-refractivity contribution < 1.29 is 19.1 Å². The molecule has 2 amide bonds. The summed E-state index contributed by atoms with van der Waals surface area (Å²) in [6.45, 7) is 10.5. The van der Waals surface area contributed by atoms with E-state index in [2.05, 4.69) is 17.2 Å². The van der Waals surface area contributed by atoms with Crippen LogP contribution in [0.3, 0.4) is 0 Å². The first-order chi connectivity index (χ1) is 14.5. The number of carbonyl (C=O) groups excluding carboxylic acids is 2. The van der Waals surface area contributed by atoms with Crippen LogP contribution in [0.5, 0.6) is 0 Å². The summed E-state index contributed by atoms with van der Waals surface area (Å²) in [5, 5.41) is 4.16. The Bertz CT molecular complexity index is 732. The number of hydrogen-bond donors (Lipinski definition) is 1. The maximum absolute atomic E-state index is 13.3. The van der Waals surface area contributed by atoms with Gasteiger partial charge in [0.25, 0.3) is 11.8 Å². The molecule has 1 aromatic heterocycles. The normalized spacial score (nSPS) is 23.5. The average molecular weight is 438 g/mol. The maximum atomic E-state index is 13.3. The third-order valence-electron chi connectivity index (χ3n) is 6.15. The standard InChI is InChI=1S/C22H35N3O4S/c1-5-7-18-23-14(3)20(30-18)21(26)24-17-8-11-25(15(17)4)22(27)19(29-6-2)16-9-12-28-13-10-16/h15-17,19H,5-13H2,1-4H3,(H,24,26)/t15-,17-,19?/m1/s1. The molecule has 0 aliphatic carbocycles. The van der Waals surface area contributed by atoms with Gasteiger partial charge in [-0.1, -0.05) is 6.92 Å². The largest absolute Gasteiger partial charge is 0.381 e. The summed E-state index contributed by atoms with van der Waals surface area (Å²) in [6.07, 6.45) is 3.94. The average Bonchev–Trinajstić information content (AvgIpc) is 3.29. The molecule has 168 valence electrons. The highest BCUT2D eigenvalue weighted by atomic mass is 32.1. The van der Waals surface area contributed by atoms with E-state index in [0.29, 0.717) is 31.2 Å². The van der Waals surface area contributed by atoms with Crippen molar-refractivity contribution >= 4 is 23.2 Å². The molecule has 1 aromatic rings. The zero-order chi connectivity index (χ0) is 21.7. The lowest BCUT2D eigenvalue weighted by molar-refractivity contribution is -0.150. The summed E-state index contributed by atoms with van der Waals surface area (Å²) in [5.74, 6) is 0.167. The second-order valence-corrected chi connectivity index (χ2v) is 9.32. The number of amides is 2. The van der Waals surface area contributed by atoms with Crippen molar-refractivity contribution in [2.24, 2.45) is 5.92 Å². The van der Waals surface area contributed by atoms with Gasteiger partial charge < -0.3 is 19.7 Å². The van der Waals surface area contributed by atoms with Crippen LogP contribution in [0, 0.1) is 12.8 Å². The number of aryl methyl sites for hydroxylation is 2. The summed E-state index contributed by atoms with van der Waals surface area (Å²) in [7, 11) is 0. The zero-order valence-corrected chi connectivity index (χ0v) is 19.4. The van der Waals surface area contributed by atoms with Gasteiger partial charge in [-0.2, -0.15) is 0 Å². The van der Waals surface area contributed by atoms with Gasteiger partial charge in [0.1, 0.15) is 11.0 Å². The van der Waals surface area contributed by atoms with Crippen LogP contribution >= 0.6 is 11.3 Å². The van der Waals surface area contributed by atoms with Crippen LogP contribution in [0.4, 0.5) is 0 Å². The molecule has 7 nitrogen and oxygen atoms in total. The number of nitrogens with zero attached hydrogens (tertiary/aromatic N) is 2. The van der Waals surface area contributed by atoms with Crippen LogP contribution in [-0.4, -0.2) is 66.3 Å². The van der Waals surface area contributed by atoms with Gasteiger partial charge in [-0.05, 0) is 58.8 Å². The van der Waals surface area contributed by atoms with E-state index in [4.69, 9.17) is 9.47 Å². The topological polar surface area (TPSA) is 80.8 Å². The number of aromatic nitrogens is 1. The van der Waals surface area contributed by atoms with Crippen LogP contribution < -0.4 is 5.32 Å². The van der Waals surface area contributed by atoms with Crippen molar-refractivity contribution in [2.45, 2.75) is 78.0 Å². The van der Waals surface area contributed by atoms with Crippen molar-refractivity contribution in [3.63, 3.8) is 0 Å². The Morgan fingerprint density at radius 1 is 1.30 bits per heavy atom. The number of hydrogen-bond acceptors (Lipinski definition) is 6. The molecule has 0 saturated carbocycles. The number of rotatable bonds is 8. The molecule has 8 heteroatoms. The first kappa shape index (κ1) is 23.2. The number of ether oxygens (including phenoxy) is 2. The van der Waals surface area contributed by atoms with E-state index < -0.39 is 6.10 Å². The summed E-state index contributed by atoms with van der Waals surface area (Å²) in [5.41, 5.74) is 0.787. The van der Waals surface area contributed by atoms with E-state index in [1.54, 1.807) is 0 Å². The summed E-state index contributed by atoms with van der Waals surface area (Å²) in [4.78, 5) is 33.3. The quantitative estimate of drug-likeness (QED) is 0.676. The molecular weight excluding hydrogens is 402 g/mol. The predicted octanol–water partition coefficient (Wildman–Crippen LogP) is 2.95. The predicted molar refractivity (Wildman–Crippen MR) is 117 cm³/mol. The van der Waals surface area contributed by atoms with E-state index in [-0.39, 0.29) is 29.8 Å². The fraction of sp³-hybridized carbons (Fsp3) is 0.773. The Balaban J connectivity index is 1.63. The second kappa shape index (κ2) is 10.7. The Kier molecular flexibility index (Phi) is 8.25. The van der Waals surface area contributed by atoms with Crippen LogP contribution in [0.25, 0.3) is 0 Å². The highest BCUT2D eigenvalue weighted by Gasteiger charge is 2.40. The summed E-state index contributed by atoms with van der Waals surface area (Å²) < 4.78 is 11.3. The highest BCUT2D eigenvalue weighted by Crippen LogP contribution is 2.27. The molecule has 0 bridgehead atoms. The second-order valence-electron chi connectivity index (χ2n) is 8.24. The number of thiazole rings is 1. The molecule has 2 fully saturated rings. The molecule has 2 aliphatic heterocycles. The fourth-order valence-corrected chi connectivity index (χ4v) is 5.50. The van der Waals surface area contributed by atoms with Gasteiger partial charge >= 0.3 is 0 Å². The first-order valence-corrected chi connectivity index (χ1v) is 12.0. The molecule has 1 N–H and O–H groups in total. The maximum Gasteiger partial charge on any atom is 0.263 e. The molecule has 1 unspecified atom stereocenters. The molecule has 3 heterocycles. The van der Waals surface area contributed by atoms with Crippen LogP contribution in [0.1, 0.15) is 66.8 Å². The summed E-state index contributed by atoms with van der Waals surface area (Å²) in [6, 6.07) is -0.123. The van der Waals surface area contributed by atoms with Crippen molar-refractivity contribution in [2.75, 3.05) is 26.4 Å². The molecule has 3 atom stereocenters. The van der Waals surface area contributed by atoms with Gasteiger partial charge in [0.05, 0.1) is 16.7 Å². The fourth-order valence-electron chi connectivity index (χ4n) is 4.43. The molecule has 3 rings (SSSR count). The monoisotopic (exact) mass is 437 g/mol. The van der Waals surface area contributed by atoms with E-state index >= 15 is 0 Å².